The molecule has 5 heteroatoms. The second-order valence-electron chi connectivity index (χ2n) is 2.95. The molecule has 0 aromatic heterocycles. The summed E-state index contributed by atoms with van der Waals surface area (Å²) in [5.74, 6) is 0. The molecule has 0 saturated carbocycles. The predicted molar refractivity (Wildman–Crippen MR) is 39.2 cm³/mol. The summed E-state index contributed by atoms with van der Waals surface area (Å²) >= 11 is 0. The van der Waals surface area contributed by atoms with Gasteiger partial charge in [-0.05, 0) is 6.42 Å². The quantitative estimate of drug-likeness (QED) is 0.380. The second-order valence-corrected chi connectivity index (χ2v) is 2.95. The minimum absolute atomic E-state index is 0.474. The molecule has 0 aromatic rings. The Bertz CT molecular complexity index is 146. The molecule has 0 bridgehead atoms. The smallest absolute Gasteiger partial charge is 0.183 e. The van der Waals surface area contributed by atoms with E-state index in [-0.39, 0.29) is 0 Å². The zero-order valence-corrected chi connectivity index (χ0v) is 6.79. The zero-order valence-electron chi connectivity index (χ0n) is 6.79. The molecule has 4 N–H and O–H groups in total. The molecule has 1 aliphatic heterocycles. The molecule has 0 aromatic carbocycles. The first-order valence-electron chi connectivity index (χ1n) is 3.95. The minimum Gasteiger partial charge on any atom is -0.388 e. The van der Waals surface area contributed by atoms with Crippen molar-refractivity contribution in [2.45, 2.75) is 44.1 Å². The number of aliphatic hydroxyl groups is 4. The Morgan fingerprint density at radius 3 is 2.08 bits per heavy atom. The lowest BCUT2D eigenvalue weighted by Gasteiger charge is -2.37. The van der Waals surface area contributed by atoms with E-state index in [1.54, 1.807) is 6.92 Å². The topological polar surface area (TPSA) is 90.2 Å². The van der Waals surface area contributed by atoms with E-state index in [1.807, 2.05) is 0 Å². The maximum absolute atomic E-state index is 9.28. The number of ether oxygens (including phenoxy) is 1. The van der Waals surface area contributed by atoms with Crippen molar-refractivity contribution < 1.29 is 25.2 Å². The summed E-state index contributed by atoms with van der Waals surface area (Å²) in [5, 5.41) is 36.5. The van der Waals surface area contributed by atoms with Crippen LogP contribution in [-0.4, -0.2) is 51.1 Å². The van der Waals surface area contributed by atoms with Crippen LogP contribution in [0.1, 0.15) is 13.3 Å². The zero-order chi connectivity index (χ0) is 9.30. The van der Waals surface area contributed by atoms with Gasteiger partial charge in [-0.15, -0.1) is 0 Å². The van der Waals surface area contributed by atoms with Gasteiger partial charge in [-0.1, -0.05) is 6.92 Å². The summed E-state index contributed by atoms with van der Waals surface area (Å²) in [6.45, 7) is 1.75. The van der Waals surface area contributed by atoms with Crippen LogP contribution < -0.4 is 0 Å². The Labute approximate surface area is 70.2 Å². The monoisotopic (exact) mass is 178 g/mol. The van der Waals surface area contributed by atoms with Crippen LogP contribution in [0.3, 0.4) is 0 Å². The maximum atomic E-state index is 9.28. The van der Waals surface area contributed by atoms with Crippen LogP contribution in [0.4, 0.5) is 0 Å². The van der Waals surface area contributed by atoms with Gasteiger partial charge in [-0.3, -0.25) is 0 Å². The fourth-order valence-electron chi connectivity index (χ4n) is 1.27. The Hall–Kier alpha value is -0.200. The molecule has 5 nitrogen and oxygen atoms in total. The van der Waals surface area contributed by atoms with Gasteiger partial charge >= 0.3 is 0 Å². The largest absolute Gasteiger partial charge is 0.388 e. The normalized spacial score (nSPS) is 49.2. The summed E-state index contributed by atoms with van der Waals surface area (Å²) < 4.78 is 4.83. The molecule has 1 heterocycles. The van der Waals surface area contributed by atoms with Crippen LogP contribution in [0.15, 0.2) is 0 Å². The van der Waals surface area contributed by atoms with Gasteiger partial charge in [0.05, 0.1) is 6.10 Å². The van der Waals surface area contributed by atoms with Crippen LogP contribution in [-0.2, 0) is 4.74 Å². The molecule has 5 atom stereocenters. The first kappa shape index (κ1) is 9.88. The number of hydrogen-bond acceptors (Lipinski definition) is 5. The third kappa shape index (κ3) is 1.60. The molecule has 1 saturated heterocycles. The lowest BCUT2D eigenvalue weighted by molar-refractivity contribution is -0.281. The van der Waals surface area contributed by atoms with Crippen molar-refractivity contribution in [3.05, 3.63) is 0 Å². The predicted octanol–water partition coefficient (Wildman–Crippen LogP) is -1.80. The molecule has 1 fully saturated rings. The second kappa shape index (κ2) is 3.68. The van der Waals surface area contributed by atoms with Crippen LogP contribution in [0.2, 0.25) is 0 Å². The molecule has 0 unspecified atom stereocenters. The van der Waals surface area contributed by atoms with Gasteiger partial charge < -0.3 is 25.2 Å². The molecule has 72 valence electrons. The molecular weight excluding hydrogens is 164 g/mol. The summed E-state index contributed by atoms with van der Waals surface area (Å²) in [4.78, 5) is 0. The van der Waals surface area contributed by atoms with Crippen LogP contribution in [0.25, 0.3) is 0 Å². The van der Waals surface area contributed by atoms with E-state index in [4.69, 9.17) is 14.9 Å². The molecule has 0 spiro atoms. The van der Waals surface area contributed by atoms with E-state index in [2.05, 4.69) is 0 Å². The van der Waals surface area contributed by atoms with Crippen molar-refractivity contribution in [3.63, 3.8) is 0 Å². The van der Waals surface area contributed by atoms with Gasteiger partial charge in [-0.2, -0.15) is 0 Å². The molecule has 1 rings (SSSR count). The van der Waals surface area contributed by atoms with E-state index < -0.39 is 30.7 Å². The van der Waals surface area contributed by atoms with Crippen LogP contribution in [0, 0.1) is 0 Å². The van der Waals surface area contributed by atoms with Crippen molar-refractivity contribution in [1.82, 2.24) is 0 Å². The third-order valence-corrected chi connectivity index (χ3v) is 2.09. The number of aliphatic hydroxyl groups excluding tert-OH is 4. The average Bonchev–Trinajstić information content (AvgIpc) is 2.08. The summed E-state index contributed by atoms with van der Waals surface area (Å²) in [6, 6.07) is 0. The third-order valence-electron chi connectivity index (χ3n) is 2.09. The summed E-state index contributed by atoms with van der Waals surface area (Å²) in [7, 11) is 0. The van der Waals surface area contributed by atoms with E-state index in [1.165, 1.54) is 0 Å². The van der Waals surface area contributed by atoms with E-state index >= 15 is 0 Å². The van der Waals surface area contributed by atoms with Crippen molar-refractivity contribution in [2.75, 3.05) is 0 Å². The van der Waals surface area contributed by atoms with Crippen LogP contribution >= 0.6 is 0 Å². The van der Waals surface area contributed by atoms with Gasteiger partial charge in [0.2, 0.25) is 0 Å². The number of rotatable bonds is 1. The van der Waals surface area contributed by atoms with Crippen molar-refractivity contribution in [1.29, 1.82) is 0 Å². The molecule has 0 amide bonds. The molecule has 12 heavy (non-hydrogen) atoms. The van der Waals surface area contributed by atoms with Gasteiger partial charge in [0.15, 0.2) is 6.29 Å². The Morgan fingerprint density at radius 1 is 1.00 bits per heavy atom. The Kier molecular flexibility index (Phi) is 3.03. The highest BCUT2D eigenvalue weighted by atomic mass is 16.6. The highest BCUT2D eigenvalue weighted by Crippen LogP contribution is 2.21. The summed E-state index contributed by atoms with van der Waals surface area (Å²) in [6.07, 6.45) is -5.44. The Balaban J connectivity index is 2.63. The lowest BCUT2D eigenvalue weighted by Crippen LogP contribution is -2.57. The van der Waals surface area contributed by atoms with Gasteiger partial charge in [-0.25, -0.2) is 0 Å². The van der Waals surface area contributed by atoms with Gasteiger partial charge in [0.25, 0.3) is 0 Å². The fraction of sp³-hybridized carbons (Fsp3) is 1.00. The minimum atomic E-state index is -1.43. The average molecular weight is 178 g/mol. The molecular formula is C7H14O5. The van der Waals surface area contributed by atoms with Crippen LogP contribution in [0.5, 0.6) is 0 Å². The maximum Gasteiger partial charge on any atom is 0.183 e. The fourth-order valence-corrected chi connectivity index (χ4v) is 1.27. The van der Waals surface area contributed by atoms with E-state index in [0.717, 1.165) is 0 Å². The van der Waals surface area contributed by atoms with Gasteiger partial charge in [0.1, 0.15) is 18.3 Å². The standard InChI is InChI=1S/C7H14O5/c1-2-3-4(8)5(9)6(10)7(11)12-3/h3-11H,2H2,1H3/t3-,4+,5+,6-,7-/m1/s1. The first-order chi connectivity index (χ1) is 5.57. The highest BCUT2D eigenvalue weighted by molar-refractivity contribution is 4.87. The summed E-state index contributed by atoms with van der Waals surface area (Å²) in [5.41, 5.74) is 0. The molecule has 0 radical (unpaired) electrons. The molecule has 0 aliphatic carbocycles. The van der Waals surface area contributed by atoms with E-state index in [9.17, 15) is 10.2 Å². The van der Waals surface area contributed by atoms with Gasteiger partial charge in [0, 0.05) is 0 Å². The lowest BCUT2D eigenvalue weighted by atomic mass is 9.97. The first-order valence-corrected chi connectivity index (χ1v) is 3.95. The van der Waals surface area contributed by atoms with Crippen molar-refractivity contribution in [2.24, 2.45) is 0 Å². The SMILES string of the molecule is CC[C@H]1O[C@@H](O)[C@H](O)[C@@H](O)[C@H]1O. The number of hydrogen-bond donors (Lipinski definition) is 4. The van der Waals surface area contributed by atoms with Crippen molar-refractivity contribution in [3.8, 4) is 0 Å². The highest BCUT2D eigenvalue weighted by Gasteiger charge is 2.41. The van der Waals surface area contributed by atoms with Crippen molar-refractivity contribution >= 4 is 0 Å². The Morgan fingerprint density at radius 2 is 1.58 bits per heavy atom. The molecule has 1 aliphatic rings. The van der Waals surface area contributed by atoms with E-state index in [0.29, 0.717) is 6.42 Å².